The van der Waals surface area contributed by atoms with Crippen molar-refractivity contribution < 1.29 is 22.7 Å². The maximum Gasteiger partial charge on any atom is 0.244 e. The van der Waals surface area contributed by atoms with Gasteiger partial charge in [0.25, 0.3) is 0 Å². The molecule has 4 rings (SSSR count). The second kappa shape index (κ2) is 14.9. The van der Waals surface area contributed by atoms with Crippen molar-refractivity contribution in [1.82, 2.24) is 10.2 Å². The van der Waals surface area contributed by atoms with Crippen LogP contribution in [0.4, 0.5) is 5.69 Å². The Kier molecular flexibility index (Phi) is 11.3. The molecule has 0 aromatic heterocycles. The van der Waals surface area contributed by atoms with E-state index in [0.29, 0.717) is 28.0 Å². The summed E-state index contributed by atoms with van der Waals surface area (Å²) < 4.78 is 32.9. The van der Waals surface area contributed by atoms with E-state index in [1.54, 1.807) is 49.4 Å². The quantitative estimate of drug-likeness (QED) is 0.251. The van der Waals surface area contributed by atoms with Crippen LogP contribution in [0.2, 0.25) is 10.0 Å². The first-order chi connectivity index (χ1) is 20.6. The number of hydrogen-bond acceptors (Lipinski definition) is 5. The molecule has 43 heavy (non-hydrogen) atoms. The molecule has 0 spiro atoms. The number of benzene rings is 3. The van der Waals surface area contributed by atoms with E-state index in [1.165, 1.54) is 4.90 Å². The van der Waals surface area contributed by atoms with Crippen molar-refractivity contribution in [2.24, 2.45) is 0 Å². The van der Waals surface area contributed by atoms with E-state index < -0.39 is 28.5 Å². The number of rotatable bonds is 13. The van der Waals surface area contributed by atoms with Gasteiger partial charge in [-0.3, -0.25) is 13.9 Å². The minimum Gasteiger partial charge on any atom is -0.492 e. The summed E-state index contributed by atoms with van der Waals surface area (Å²) in [6.45, 7) is 1.43. The van der Waals surface area contributed by atoms with Crippen LogP contribution in [0.1, 0.15) is 43.7 Å². The van der Waals surface area contributed by atoms with Gasteiger partial charge in [0.2, 0.25) is 21.8 Å². The highest BCUT2D eigenvalue weighted by molar-refractivity contribution is 7.92. The monoisotopic (exact) mass is 645 g/mol. The van der Waals surface area contributed by atoms with Crippen LogP contribution in [0.5, 0.6) is 5.75 Å². The predicted octanol–water partition coefficient (Wildman–Crippen LogP) is 5.86. The normalized spacial score (nSPS) is 14.2. The smallest absolute Gasteiger partial charge is 0.244 e. The summed E-state index contributed by atoms with van der Waals surface area (Å²) in [4.78, 5) is 29.7. The third kappa shape index (κ3) is 8.65. The molecule has 3 aromatic rings. The van der Waals surface area contributed by atoms with Crippen molar-refractivity contribution in [3.8, 4) is 5.75 Å². The number of carbonyl (C=O) groups is 2. The SMILES string of the molecule is CCOc1ccccc1N(CC(=O)N(Cc1c(Cl)cccc1Cl)[C@H](Cc1ccccc1)C(=O)NC1CCCC1)S(C)(=O)=O. The van der Waals surface area contributed by atoms with Gasteiger partial charge in [0.1, 0.15) is 18.3 Å². The fourth-order valence-corrected chi connectivity index (χ4v) is 6.68. The molecule has 1 aliphatic rings. The van der Waals surface area contributed by atoms with E-state index in [2.05, 4.69) is 5.32 Å². The standard InChI is InChI=1S/C32H37Cl2N3O5S/c1-3-42-30-19-10-9-18-28(30)37(43(2,40)41)22-31(38)36(21-25-26(33)16-11-17-27(25)34)29(20-23-12-5-4-6-13-23)32(39)35-24-14-7-8-15-24/h4-6,9-13,16-19,24,29H,3,7-8,14-15,20-22H2,1-2H3,(H,35,39)/t29-/m1/s1. The molecular formula is C32H37Cl2N3O5S. The van der Waals surface area contributed by atoms with Crippen LogP contribution in [-0.4, -0.2) is 56.6 Å². The van der Waals surface area contributed by atoms with Crippen molar-refractivity contribution in [2.75, 3.05) is 23.7 Å². The average Bonchev–Trinajstić information content (AvgIpc) is 3.48. The fourth-order valence-electron chi connectivity index (χ4n) is 5.31. The number of para-hydroxylation sites is 2. The Hall–Kier alpha value is -3.27. The molecule has 1 atom stereocenters. The number of sulfonamides is 1. The van der Waals surface area contributed by atoms with Crippen LogP contribution in [0.3, 0.4) is 0 Å². The molecule has 2 amide bonds. The van der Waals surface area contributed by atoms with Crippen LogP contribution >= 0.6 is 23.2 Å². The molecule has 3 aromatic carbocycles. The number of nitrogens with one attached hydrogen (secondary N) is 1. The van der Waals surface area contributed by atoms with E-state index >= 15 is 0 Å². The number of halogens is 2. The van der Waals surface area contributed by atoms with Gasteiger partial charge in [0, 0.05) is 34.6 Å². The maximum absolute atomic E-state index is 14.4. The van der Waals surface area contributed by atoms with Gasteiger partial charge in [0.15, 0.2) is 0 Å². The lowest BCUT2D eigenvalue weighted by molar-refractivity contribution is -0.140. The molecule has 1 saturated carbocycles. The Labute approximate surface area is 264 Å². The number of nitrogens with zero attached hydrogens (tertiary/aromatic N) is 2. The van der Waals surface area contributed by atoms with Gasteiger partial charge in [-0.15, -0.1) is 0 Å². The molecule has 0 bridgehead atoms. The average molecular weight is 647 g/mol. The predicted molar refractivity (Wildman–Crippen MR) is 171 cm³/mol. The molecule has 1 fully saturated rings. The van der Waals surface area contributed by atoms with E-state index in [1.807, 2.05) is 30.3 Å². The first kappa shape index (κ1) is 32.6. The Morgan fingerprint density at radius 2 is 1.58 bits per heavy atom. The molecule has 8 nitrogen and oxygen atoms in total. The van der Waals surface area contributed by atoms with E-state index in [-0.39, 0.29) is 30.6 Å². The number of ether oxygens (including phenoxy) is 1. The van der Waals surface area contributed by atoms with Crippen molar-refractivity contribution in [2.45, 2.75) is 57.7 Å². The molecule has 1 aliphatic carbocycles. The Bertz CT molecular complexity index is 1490. The van der Waals surface area contributed by atoms with Gasteiger partial charge in [0.05, 0.1) is 18.6 Å². The second-order valence-corrected chi connectivity index (χ2v) is 13.3. The van der Waals surface area contributed by atoms with Gasteiger partial charge < -0.3 is 15.0 Å². The molecule has 11 heteroatoms. The van der Waals surface area contributed by atoms with Crippen molar-refractivity contribution in [3.05, 3.63) is 94.0 Å². The molecule has 0 saturated heterocycles. The summed E-state index contributed by atoms with van der Waals surface area (Å²) in [5.41, 5.74) is 1.54. The van der Waals surface area contributed by atoms with Crippen LogP contribution in [-0.2, 0) is 32.6 Å². The third-order valence-corrected chi connectivity index (χ3v) is 9.31. The maximum atomic E-state index is 14.4. The number of hydrogen-bond donors (Lipinski definition) is 1. The van der Waals surface area contributed by atoms with Crippen LogP contribution in [0.15, 0.2) is 72.8 Å². The molecule has 0 radical (unpaired) electrons. The zero-order chi connectivity index (χ0) is 31.0. The highest BCUT2D eigenvalue weighted by Crippen LogP contribution is 2.31. The van der Waals surface area contributed by atoms with Gasteiger partial charge in [-0.2, -0.15) is 0 Å². The number of carbonyl (C=O) groups excluding carboxylic acids is 2. The van der Waals surface area contributed by atoms with Crippen LogP contribution in [0, 0.1) is 0 Å². The number of amides is 2. The summed E-state index contributed by atoms with van der Waals surface area (Å²) in [5.74, 6) is -0.577. The Balaban J connectivity index is 1.78. The zero-order valence-electron chi connectivity index (χ0n) is 24.3. The van der Waals surface area contributed by atoms with E-state index in [0.717, 1.165) is 41.8 Å². The summed E-state index contributed by atoms with van der Waals surface area (Å²) in [5, 5.41) is 3.81. The molecular weight excluding hydrogens is 609 g/mol. The zero-order valence-corrected chi connectivity index (χ0v) is 26.7. The van der Waals surface area contributed by atoms with Gasteiger partial charge >= 0.3 is 0 Å². The molecule has 0 aliphatic heterocycles. The molecule has 1 N–H and O–H groups in total. The topological polar surface area (TPSA) is 96.0 Å². The summed E-state index contributed by atoms with van der Waals surface area (Å²) in [6.07, 6.45) is 5.02. The Morgan fingerprint density at radius 1 is 0.953 bits per heavy atom. The van der Waals surface area contributed by atoms with E-state index in [4.69, 9.17) is 27.9 Å². The lowest BCUT2D eigenvalue weighted by atomic mass is 10.0. The highest BCUT2D eigenvalue weighted by atomic mass is 35.5. The highest BCUT2D eigenvalue weighted by Gasteiger charge is 2.35. The van der Waals surface area contributed by atoms with Crippen LogP contribution < -0.4 is 14.4 Å². The summed E-state index contributed by atoms with van der Waals surface area (Å²) in [6, 6.07) is 20.1. The first-order valence-electron chi connectivity index (χ1n) is 14.3. The van der Waals surface area contributed by atoms with Gasteiger partial charge in [-0.25, -0.2) is 8.42 Å². The second-order valence-electron chi connectivity index (χ2n) is 10.6. The number of anilines is 1. The lowest BCUT2D eigenvalue weighted by Gasteiger charge is -2.34. The minimum absolute atomic E-state index is 0.0113. The lowest BCUT2D eigenvalue weighted by Crippen LogP contribution is -2.54. The van der Waals surface area contributed by atoms with E-state index in [9.17, 15) is 18.0 Å². The van der Waals surface area contributed by atoms with Crippen LogP contribution in [0.25, 0.3) is 0 Å². The summed E-state index contributed by atoms with van der Waals surface area (Å²) >= 11 is 13.1. The van der Waals surface area contributed by atoms with Gasteiger partial charge in [-0.1, -0.05) is 84.6 Å². The largest absolute Gasteiger partial charge is 0.492 e. The third-order valence-electron chi connectivity index (χ3n) is 7.48. The van der Waals surface area contributed by atoms with Gasteiger partial charge in [-0.05, 0) is 49.6 Å². The molecule has 0 unspecified atom stereocenters. The Morgan fingerprint density at radius 3 is 2.21 bits per heavy atom. The summed E-state index contributed by atoms with van der Waals surface area (Å²) in [7, 11) is -3.95. The van der Waals surface area contributed by atoms with Crippen molar-refractivity contribution in [1.29, 1.82) is 0 Å². The minimum atomic E-state index is -3.95. The fraction of sp³-hybridized carbons (Fsp3) is 0.375. The molecule has 230 valence electrons. The van der Waals surface area contributed by atoms with Crippen molar-refractivity contribution >= 4 is 50.7 Å². The molecule has 0 heterocycles. The first-order valence-corrected chi connectivity index (χ1v) is 16.9. The van der Waals surface area contributed by atoms with Crippen molar-refractivity contribution in [3.63, 3.8) is 0 Å².